The third kappa shape index (κ3) is 6.81. The number of amides is 2. The molecule has 0 fully saturated rings. The Morgan fingerprint density at radius 2 is 1.73 bits per heavy atom. The van der Waals surface area contributed by atoms with Gasteiger partial charge < -0.3 is 14.8 Å². The highest BCUT2D eigenvalue weighted by molar-refractivity contribution is 6.31. The van der Waals surface area contributed by atoms with Gasteiger partial charge in [-0.2, -0.15) is 0 Å². The van der Waals surface area contributed by atoms with Crippen LogP contribution in [0.3, 0.4) is 0 Å². The number of carbonyl (C=O) groups is 2. The quantitative estimate of drug-likeness (QED) is 0.394. The van der Waals surface area contributed by atoms with Crippen molar-refractivity contribution in [2.75, 3.05) is 19.6 Å². The number of benzene rings is 2. The molecule has 7 heteroatoms. The van der Waals surface area contributed by atoms with Crippen LogP contribution < -0.4 is 5.32 Å². The van der Waals surface area contributed by atoms with Crippen LogP contribution in [-0.2, 0) is 29.0 Å². The Hall–Kier alpha value is -2.86. The predicted octanol–water partition coefficient (Wildman–Crippen LogP) is 4.63. The molecule has 0 saturated carbocycles. The van der Waals surface area contributed by atoms with Gasteiger partial charge in [0.05, 0.1) is 17.5 Å². The minimum absolute atomic E-state index is 0.0541. The summed E-state index contributed by atoms with van der Waals surface area (Å²) in [4.78, 5) is 32.0. The van der Waals surface area contributed by atoms with Crippen LogP contribution in [0, 0.1) is 0 Å². The maximum absolute atomic E-state index is 13.0. The second-order valence-electron chi connectivity index (χ2n) is 8.21. The molecular weight excluding hydrogens is 436 g/mol. The molecule has 1 N–H and O–H groups in total. The van der Waals surface area contributed by atoms with Gasteiger partial charge in [0.25, 0.3) is 0 Å². The number of hydrogen-bond donors (Lipinski definition) is 1. The Balaban J connectivity index is 1.62. The molecule has 6 nitrogen and oxygen atoms in total. The lowest BCUT2D eigenvalue weighted by atomic mass is 10.1. The fraction of sp³-hybridized carbons (Fsp3) is 0.423. The van der Waals surface area contributed by atoms with Gasteiger partial charge in [-0.1, -0.05) is 55.8 Å². The number of nitrogens with one attached hydrogen (secondary N) is 1. The molecule has 3 rings (SSSR count). The molecule has 0 aliphatic carbocycles. The average molecular weight is 469 g/mol. The van der Waals surface area contributed by atoms with E-state index >= 15 is 0 Å². The number of hydrogen-bond acceptors (Lipinski definition) is 3. The van der Waals surface area contributed by atoms with Crippen molar-refractivity contribution in [2.45, 2.75) is 52.5 Å². The number of aromatic nitrogens is 2. The van der Waals surface area contributed by atoms with E-state index in [1.165, 1.54) is 0 Å². The zero-order chi connectivity index (χ0) is 23.6. The molecule has 33 heavy (non-hydrogen) atoms. The molecule has 0 aliphatic heterocycles. The molecule has 1 aromatic heterocycles. The number of fused-ring (bicyclic) bond motifs is 1. The molecular formula is C26H33ClN4O2. The van der Waals surface area contributed by atoms with Crippen LogP contribution in [0.4, 0.5) is 0 Å². The van der Waals surface area contributed by atoms with E-state index in [0.717, 1.165) is 54.8 Å². The fourth-order valence-corrected chi connectivity index (χ4v) is 4.18. The monoisotopic (exact) mass is 468 g/mol. The van der Waals surface area contributed by atoms with Crippen molar-refractivity contribution in [3.63, 3.8) is 0 Å². The topological polar surface area (TPSA) is 67.2 Å². The Morgan fingerprint density at radius 1 is 1.03 bits per heavy atom. The van der Waals surface area contributed by atoms with Gasteiger partial charge in [0.15, 0.2) is 0 Å². The number of aryl methyl sites for hydroxylation is 1. The first-order valence-electron chi connectivity index (χ1n) is 11.8. The summed E-state index contributed by atoms with van der Waals surface area (Å²) in [5, 5.41) is 3.57. The van der Waals surface area contributed by atoms with E-state index in [-0.39, 0.29) is 24.8 Å². The van der Waals surface area contributed by atoms with Crippen molar-refractivity contribution in [2.24, 2.45) is 0 Å². The zero-order valence-corrected chi connectivity index (χ0v) is 20.3. The van der Waals surface area contributed by atoms with Crippen molar-refractivity contribution in [1.82, 2.24) is 19.8 Å². The highest BCUT2D eigenvalue weighted by atomic mass is 35.5. The molecule has 2 amide bonds. The maximum atomic E-state index is 13.0. The van der Waals surface area contributed by atoms with Gasteiger partial charge in [-0.15, -0.1) is 0 Å². The van der Waals surface area contributed by atoms with Crippen LogP contribution in [0.1, 0.15) is 44.5 Å². The molecule has 0 bridgehead atoms. The maximum Gasteiger partial charge on any atom is 0.242 e. The Labute approximate surface area is 200 Å². The van der Waals surface area contributed by atoms with Gasteiger partial charge in [0.1, 0.15) is 12.4 Å². The molecule has 3 aromatic rings. The second kappa shape index (κ2) is 12.4. The molecule has 176 valence electrons. The standard InChI is InChI=1S/C26H33ClN4O2/c1-3-16-30(17-4-2)26(33)19-31-23-13-8-7-12-22(23)29-24(31)14-9-15-28-25(32)18-20-10-5-6-11-21(20)27/h5-8,10-13H,3-4,9,14-19H2,1-2H3,(H,28,32). The third-order valence-electron chi connectivity index (χ3n) is 5.57. The molecule has 0 saturated heterocycles. The summed E-state index contributed by atoms with van der Waals surface area (Å²) < 4.78 is 2.03. The number of para-hydroxylation sites is 2. The normalized spacial score (nSPS) is 11.0. The molecule has 2 aromatic carbocycles. The minimum atomic E-state index is -0.0541. The van der Waals surface area contributed by atoms with Crippen molar-refractivity contribution >= 4 is 34.4 Å². The summed E-state index contributed by atoms with van der Waals surface area (Å²) in [6, 6.07) is 15.3. The van der Waals surface area contributed by atoms with Crippen LogP contribution in [-0.4, -0.2) is 45.9 Å². The summed E-state index contributed by atoms with van der Waals surface area (Å²) in [7, 11) is 0. The second-order valence-corrected chi connectivity index (χ2v) is 8.61. The van der Waals surface area contributed by atoms with Crippen LogP contribution in [0.2, 0.25) is 5.02 Å². The van der Waals surface area contributed by atoms with Crippen LogP contribution in [0.5, 0.6) is 0 Å². The van der Waals surface area contributed by atoms with E-state index in [1.54, 1.807) is 6.07 Å². The van der Waals surface area contributed by atoms with Gasteiger partial charge >= 0.3 is 0 Å². The molecule has 0 aliphatic rings. The van der Waals surface area contributed by atoms with E-state index in [9.17, 15) is 9.59 Å². The van der Waals surface area contributed by atoms with E-state index in [1.807, 2.05) is 51.9 Å². The highest BCUT2D eigenvalue weighted by Gasteiger charge is 2.17. The van der Waals surface area contributed by atoms with Crippen LogP contribution in [0.15, 0.2) is 48.5 Å². The van der Waals surface area contributed by atoms with Gasteiger partial charge in [-0.25, -0.2) is 4.98 Å². The number of rotatable bonds is 12. The molecule has 0 spiro atoms. The zero-order valence-electron chi connectivity index (χ0n) is 19.5. The number of halogens is 1. The van der Waals surface area contributed by atoms with E-state index in [2.05, 4.69) is 19.2 Å². The largest absolute Gasteiger partial charge is 0.356 e. The Kier molecular flexibility index (Phi) is 9.31. The van der Waals surface area contributed by atoms with Gasteiger partial charge in [0.2, 0.25) is 11.8 Å². The Morgan fingerprint density at radius 3 is 2.45 bits per heavy atom. The highest BCUT2D eigenvalue weighted by Crippen LogP contribution is 2.18. The van der Waals surface area contributed by atoms with E-state index in [4.69, 9.17) is 16.6 Å². The number of nitrogens with zero attached hydrogens (tertiary/aromatic N) is 3. The summed E-state index contributed by atoms with van der Waals surface area (Å²) in [5.74, 6) is 0.940. The average Bonchev–Trinajstić information content (AvgIpc) is 3.15. The lowest BCUT2D eigenvalue weighted by molar-refractivity contribution is -0.131. The SMILES string of the molecule is CCCN(CCC)C(=O)Cn1c(CCCNC(=O)Cc2ccccc2Cl)nc2ccccc21. The van der Waals surface area contributed by atoms with Crippen molar-refractivity contribution in [3.8, 4) is 0 Å². The van der Waals surface area contributed by atoms with Gasteiger partial charge in [0, 0.05) is 31.1 Å². The summed E-state index contributed by atoms with van der Waals surface area (Å²) in [5.41, 5.74) is 2.68. The first-order valence-corrected chi connectivity index (χ1v) is 12.1. The third-order valence-corrected chi connectivity index (χ3v) is 5.94. The van der Waals surface area contributed by atoms with Crippen LogP contribution in [0.25, 0.3) is 11.0 Å². The molecule has 1 heterocycles. The molecule has 0 radical (unpaired) electrons. The summed E-state index contributed by atoms with van der Waals surface area (Å²) in [6.45, 7) is 6.55. The lowest BCUT2D eigenvalue weighted by Gasteiger charge is -2.22. The lowest BCUT2D eigenvalue weighted by Crippen LogP contribution is -2.35. The summed E-state index contributed by atoms with van der Waals surface area (Å²) in [6.07, 6.45) is 3.56. The minimum Gasteiger partial charge on any atom is -0.356 e. The van der Waals surface area contributed by atoms with Crippen molar-refractivity contribution in [1.29, 1.82) is 0 Å². The van der Waals surface area contributed by atoms with Crippen LogP contribution >= 0.6 is 11.6 Å². The Bertz CT molecular complexity index is 1070. The first-order chi connectivity index (χ1) is 16.0. The molecule has 0 atom stereocenters. The van der Waals surface area contributed by atoms with E-state index < -0.39 is 0 Å². The molecule has 0 unspecified atom stereocenters. The van der Waals surface area contributed by atoms with Crippen molar-refractivity contribution < 1.29 is 9.59 Å². The van der Waals surface area contributed by atoms with Gasteiger partial charge in [-0.3, -0.25) is 9.59 Å². The van der Waals surface area contributed by atoms with Crippen molar-refractivity contribution in [3.05, 3.63) is 64.9 Å². The summed E-state index contributed by atoms with van der Waals surface area (Å²) >= 11 is 6.15. The van der Waals surface area contributed by atoms with E-state index in [0.29, 0.717) is 18.0 Å². The smallest absolute Gasteiger partial charge is 0.242 e. The fourth-order valence-electron chi connectivity index (χ4n) is 3.98. The van der Waals surface area contributed by atoms with Gasteiger partial charge in [-0.05, 0) is 43.0 Å². The number of imidazole rings is 1. The predicted molar refractivity (Wildman–Crippen MR) is 133 cm³/mol. The first kappa shape index (κ1) is 24.8. The number of carbonyl (C=O) groups excluding carboxylic acids is 2.